The lowest BCUT2D eigenvalue weighted by atomic mass is 10.0. The molecule has 0 radical (unpaired) electrons. The van der Waals surface area contributed by atoms with Gasteiger partial charge in [0.25, 0.3) is 5.91 Å². The number of aryl methyl sites for hydroxylation is 2. The van der Waals surface area contributed by atoms with Crippen LogP contribution in [0.2, 0.25) is 0 Å². The SMILES string of the molecule is Cc1[nH]nc(C2CC2)c1C(=O)NC(c1nccn1C)C(C)C. The van der Waals surface area contributed by atoms with E-state index in [1.807, 2.05) is 24.7 Å². The summed E-state index contributed by atoms with van der Waals surface area (Å²) in [5.41, 5.74) is 2.46. The largest absolute Gasteiger partial charge is 0.342 e. The van der Waals surface area contributed by atoms with Crippen molar-refractivity contribution in [1.29, 1.82) is 0 Å². The van der Waals surface area contributed by atoms with E-state index in [9.17, 15) is 4.79 Å². The van der Waals surface area contributed by atoms with Gasteiger partial charge in [0.2, 0.25) is 0 Å². The van der Waals surface area contributed by atoms with Crippen LogP contribution in [0.3, 0.4) is 0 Å². The molecule has 0 aromatic carbocycles. The van der Waals surface area contributed by atoms with Gasteiger partial charge in [0.05, 0.1) is 17.3 Å². The molecule has 0 spiro atoms. The van der Waals surface area contributed by atoms with Crippen molar-refractivity contribution >= 4 is 5.91 Å². The van der Waals surface area contributed by atoms with E-state index >= 15 is 0 Å². The van der Waals surface area contributed by atoms with Crippen LogP contribution in [0.4, 0.5) is 0 Å². The molecule has 1 saturated carbocycles. The van der Waals surface area contributed by atoms with Crippen LogP contribution in [0.1, 0.15) is 66.2 Å². The highest BCUT2D eigenvalue weighted by molar-refractivity contribution is 5.96. The second-order valence-electron chi connectivity index (χ2n) is 6.47. The highest BCUT2D eigenvalue weighted by Crippen LogP contribution is 2.41. The summed E-state index contributed by atoms with van der Waals surface area (Å²) in [6.45, 7) is 6.08. The zero-order valence-corrected chi connectivity index (χ0v) is 13.6. The third-order valence-corrected chi connectivity index (χ3v) is 4.26. The molecule has 1 amide bonds. The number of hydrogen-bond acceptors (Lipinski definition) is 3. The second kappa shape index (κ2) is 5.59. The zero-order chi connectivity index (χ0) is 15.9. The first-order chi connectivity index (χ1) is 10.5. The minimum absolute atomic E-state index is 0.0603. The number of imidazole rings is 1. The van der Waals surface area contributed by atoms with Gasteiger partial charge in [0, 0.05) is 31.1 Å². The number of carbonyl (C=O) groups excluding carboxylic acids is 1. The molecular formula is C16H23N5O. The van der Waals surface area contributed by atoms with Gasteiger partial charge in [-0.25, -0.2) is 4.98 Å². The van der Waals surface area contributed by atoms with Crippen LogP contribution < -0.4 is 5.32 Å². The Morgan fingerprint density at radius 2 is 2.18 bits per heavy atom. The third-order valence-electron chi connectivity index (χ3n) is 4.26. The summed E-state index contributed by atoms with van der Waals surface area (Å²) in [4.78, 5) is 17.2. The van der Waals surface area contributed by atoms with Crippen molar-refractivity contribution in [3.05, 3.63) is 35.2 Å². The van der Waals surface area contributed by atoms with Gasteiger partial charge in [0.1, 0.15) is 5.82 Å². The van der Waals surface area contributed by atoms with Gasteiger partial charge in [-0.2, -0.15) is 5.10 Å². The number of hydrogen-bond donors (Lipinski definition) is 2. The van der Waals surface area contributed by atoms with E-state index in [2.05, 4.69) is 34.3 Å². The first kappa shape index (κ1) is 14.8. The Morgan fingerprint density at radius 1 is 1.45 bits per heavy atom. The number of rotatable bonds is 5. The highest BCUT2D eigenvalue weighted by Gasteiger charge is 2.33. The van der Waals surface area contributed by atoms with Crippen LogP contribution in [-0.4, -0.2) is 25.7 Å². The van der Waals surface area contributed by atoms with E-state index in [4.69, 9.17) is 0 Å². The van der Waals surface area contributed by atoms with Crippen molar-refractivity contribution < 1.29 is 4.79 Å². The van der Waals surface area contributed by atoms with Gasteiger partial charge >= 0.3 is 0 Å². The molecule has 0 aliphatic heterocycles. The molecule has 22 heavy (non-hydrogen) atoms. The van der Waals surface area contributed by atoms with Crippen LogP contribution >= 0.6 is 0 Å². The van der Waals surface area contributed by atoms with Gasteiger partial charge in [-0.05, 0) is 25.7 Å². The molecular weight excluding hydrogens is 278 g/mol. The van der Waals surface area contributed by atoms with Crippen LogP contribution in [-0.2, 0) is 7.05 Å². The molecule has 1 unspecified atom stereocenters. The molecule has 1 atom stereocenters. The molecule has 1 aliphatic rings. The monoisotopic (exact) mass is 301 g/mol. The molecule has 118 valence electrons. The number of H-pyrrole nitrogens is 1. The van der Waals surface area contributed by atoms with Crippen LogP contribution in [0.25, 0.3) is 0 Å². The Labute approximate surface area is 130 Å². The predicted octanol–water partition coefficient (Wildman–Crippen LogP) is 2.46. The predicted molar refractivity (Wildman–Crippen MR) is 83.6 cm³/mol. The highest BCUT2D eigenvalue weighted by atomic mass is 16.1. The van der Waals surface area contributed by atoms with Gasteiger partial charge in [-0.1, -0.05) is 13.8 Å². The van der Waals surface area contributed by atoms with Crippen LogP contribution in [0.15, 0.2) is 12.4 Å². The smallest absolute Gasteiger partial charge is 0.255 e. The first-order valence-electron chi connectivity index (χ1n) is 7.82. The number of amides is 1. The molecule has 2 aromatic rings. The number of aromatic amines is 1. The molecule has 0 saturated heterocycles. The van der Waals surface area contributed by atoms with Gasteiger partial charge in [-0.3, -0.25) is 9.89 Å². The lowest BCUT2D eigenvalue weighted by Crippen LogP contribution is -2.34. The zero-order valence-electron chi connectivity index (χ0n) is 13.6. The standard InChI is InChI=1S/C16H23N5O/c1-9(2)13(15-17-7-8-21(15)4)18-16(22)12-10(3)19-20-14(12)11-5-6-11/h7-9,11,13H,5-6H2,1-4H3,(H,18,22)(H,19,20). The summed E-state index contributed by atoms with van der Waals surface area (Å²) >= 11 is 0. The molecule has 1 aliphatic carbocycles. The Morgan fingerprint density at radius 3 is 2.73 bits per heavy atom. The summed E-state index contributed by atoms with van der Waals surface area (Å²) in [5.74, 6) is 1.50. The topological polar surface area (TPSA) is 75.6 Å². The minimum atomic E-state index is -0.117. The van der Waals surface area contributed by atoms with E-state index < -0.39 is 0 Å². The van der Waals surface area contributed by atoms with Crippen molar-refractivity contribution in [2.24, 2.45) is 13.0 Å². The quantitative estimate of drug-likeness (QED) is 0.890. The Bertz CT molecular complexity index is 681. The lowest BCUT2D eigenvalue weighted by Gasteiger charge is -2.22. The van der Waals surface area contributed by atoms with Crippen LogP contribution in [0, 0.1) is 12.8 Å². The molecule has 1 fully saturated rings. The van der Waals surface area contributed by atoms with Crippen molar-refractivity contribution in [3.8, 4) is 0 Å². The molecule has 2 N–H and O–H groups in total. The van der Waals surface area contributed by atoms with E-state index in [0.29, 0.717) is 11.5 Å². The summed E-state index contributed by atoms with van der Waals surface area (Å²) in [6, 6.07) is -0.117. The van der Waals surface area contributed by atoms with Gasteiger partial charge in [-0.15, -0.1) is 0 Å². The fourth-order valence-electron chi connectivity index (χ4n) is 2.81. The number of carbonyl (C=O) groups is 1. The number of aromatic nitrogens is 4. The Balaban J connectivity index is 1.86. The molecule has 2 aromatic heterocycles. The van der Waals surface area contributed by atoms with Crippen molar-refractivity contribution in [2.75, 3.05) is 0 Å². The van der Waals surface area contributed by atoms with Gasteiger partial charge < -0.3 is 9.88 Å². The van der Waals surface area contributed by atoms with E-state index in [1.165, 1.54) is 0 Å². The fraction of sp³-hybridized carbons (Fsp3) is 0.562. The fourth-order valence-corrected chi connectivity index (χ4v) is 2.81. The van der Waals surface area contributed by atoms with Gasteiger partial charge in [0.15, 0.2) is 0 Å². The maximum absolute atomic E-state index is 12.8. The second-order valence-corrected chi connectivity index (χ2v) is 6.47. The number of nitrogens with zero attached hydrogens (tertiary/aromatic N) is 3. The Kier molecular flexibility index (Phi) is 3.76. The summed E-state index contributed by atoms with van der Waals surface area (Å²) < 4.78 is 1.95. The number of nitrogens with one attached hydrogen (secondary N) is 2. The maximum atomic E-state index is 12.8. The molecule has 0 bridgehead atoms. The summed E-state index contributed by atoms with van der Waals surface area (Å²) in [5, 5.41) is 10.4. The average Bonchev–Trinajstić information content (AvgIpc) is 3.11. The Hall–Kier alpha value is -2.11. The average molecular weight is 301 g/mol. The van der Waals surface area contributed by atoms with Crippen molar-refractivity contribution in [2.45, 2.75) is 45.6 Å². The van der Waals surface area contributed by atoms with Crippen LogP contribution in [0.5, 0.6) is 0 Å². The van der Waals surface area contributed by atoms with Crippen molar-refractivity contribution in [3.63, 3.8) is 0 Å². The first-order valence-corrected chi connectivity index (χ1v) is 7.82. The lowest BCUT2D eigenvalue weighted by molar-refractivity contribution is 0.0921. The minimum Gasteiger partial charge on any atom is -0.342 e. The summed E-state index contributed by atoms with van der Waals surface area (Å²) in [7, 11) is 1.95. The van der Waals surface area contributed by atoms with Crippen molar-refractivity contribution in [1.82, 2.24) is 25.1 Å². The molecule has 6 heteroatoms. The van der Waals surface area contributed by atoms with E-state index in [0.717, 1.165) is 30.1 Å². The molecule has 2 heterocycles. The summed E-state index contributed by atoms with van der Waals surface area (Å²) in [6.07, 6.45) is 5.90. The maximum Gasteiger partial charge on any atom is 0.255 e. The van der Waals surface area contributed by atoms with E-state index in [-0.39, 0.29) is 17.9 Å². The third kappa shape index (κ3) is 2.65. The van der Waals surface area contributed by atoms with E-state index in [1.54, 1.807) is 6.20 Å². The normalized spacial score (nSPS) is 16.0. The molecule has 6 nitrogen and oxygen atoms in total. The molecule has 3 rings (SSSR count).